The smallest absolute Gasteiger partial charge is 0.269 e. The summed E-state index contributed by atoms with van der Waals surface area (Å²) in [7, 11) is 3.82. The van der Waals surface area contributed by atoms with E-state index < -0.39 is 0 Å². The molecule has 25 heavy (non-hydrogen) atoms. The Kier molecular flexibility index (Phi) is 4.88. The molecular weight excluding hydrogens is 314 g/mol. The van der Waals surface area contributed by atoms with Crippen LogP contribution in [0.15, 0.2) is 30.3 Å². The Morgan fingerprint density at radius 3 is 2.72 bits per heavy atom. The summed E-state index contributed by atoms with van der Waals surface area (Å²) >= 11 is 0. The first-order chi connectivity index (χ1) is 12.0. The van der Waals surface area contributed by atoms with Crippen molar-refractivity contribution in [3.63, 3.8) is 0 Å². The zero-order valence-corrected chi connectivity index (χ0v) is 15.3. The van der Waals surface area contributed by atoms with Gasteiger partial charge in [-0.3, -0.25) is 9.48 Å². The first-order valence-electron chi connectivity index (χ1n) is 8.67. The van der Waals surface area contributed by atoms with Crippen LogP contribution in [0, 0.1) is 5.92 Å². The number of benzene rings is 1. The number of nitrogens with one attached hydrogen (secondary N) is 1. The predicted octanol–water partition coefficient (Wildman–Crippen LogP) is 2.48. The minimum absolute atomic E-state index is 0.0937. The fourth-order valence-corrected chi connectivity index (χ4v) is 3.05. The van der Waals surface area contributed by atoms with E-state index >= 15 is 0 Å². The van der Waals surface area contributed by atoms with Gasteiger partial charge in [0.15, 0.2) is 0 Å². The summed E-state index contributed by atoms with van der Waals surface area (Å²) in [5, 5.41) is 7.39. The number of rotatable bonds is 6. The molecule has 0 atom stereocenters. The normalized spacial score (nSPS) is 11.4. The lowest BCUT2D eigenvalue weighted by Gasteiger charge is -2.05. The molecule has 132 valence electrons. The summed E-state index contributed by atoms with van der Waals surface area (Å²) < 4.78 is 3.73. The maximum Gasteiger partial charge on any atom is 0.269 e. The fourth-order valence-electron chi connectivity index (χ4n) is 3.05. The number of aromatic nitrogens is 4. The van der Waals surface area contributed by atoms with Crippen LogP contribution in [-0.4, -0.2) is 31.8 Å². The molecule has 6 nitrogen and oxygen atoms in total. The van der Waals surface area contributed by atoms with E-state index in [0.29, 0.717) is 24.6 Å². The van der Waals surface area contributed by atoms with Gasteiger partial charge in [0.1, 0.15) is 11.5 Å². The van der Waals surface area contributed by atoms with Gasteiger partial charge >= 0.3 is 0 Å². The van der Waals surface area contributed by atoms with Gasteiger partial charge in [-0.05, 0) is 30.5 Å². The highest BCUT2D eigenvalue weighted by molar-refractivity contribution is 5.92. The first-order valence-corrected chi connectivity index (χ1v) is 8.67. The van der Waals surface area contributed by atoms with Crippen molar-refractivity contribution < 1.29 is 4.79 Å². The Hall–Kier alpha value is -2.63. The molecular formula is C19H25N5O. The van der Waals surface area contributed by atoms with Gasteiger partial charge in [0, 0.05) is 27.1 Å². The molecule has 0 radical (unpaired) electrons. The van der Waals surface area contributed by atoms with Crippen molar-refractivity contribution in [2.75, 3.05) is 6.54 Å². The number of carbonyl (C=O) groups is 1. The van der Waals surface area contributed by atoms with Crippen LogP contribution >= 0.6 is 0 Å². The molecule has 0 bridgehead atoms. The van der Waals surface area contributed by atoms with Crippen LogP contribution < -0.4 is 5.32 Å². The fraction of sp³-hybridized carbons (Fsp3) is 0.421. The van der Waals surface area contributed by atoms with Gasteiger partial charge in [0.05, 0.1) is 16.7 Å². The van der Waals surface area contributed by atoms with Crippen molar-refractivity contribution in [2.45, 2.75) is 26.7 Å². The zero-order valence-electron chi connectivity index (χ0n) is 15.3. The van der Waals surface area contributed by atoms with E-state index in [-0.39, 0.29) is 5.91 Å². The summed E-state index contributed by atoms with van der Waals surface area (Å²) in [6.45, 7) is 4.83. The molecule has 0 aliphatic rings. The highest BCUT2D eigenvalue weighted by Crippen LogP contribution is 2.14. The van der Waals surface area contributed by atoms with Gasteiger partial charge < -0.3 is 9.88 Å². The molecule has 1 amide bonds. The second-order valence-corrected chi connectivity index (χ2v) is 6.82. The van der Waals surface area contributed by atoms with Gasteiger partial charge in [-0.1, -0.05) is 26.0 Å². The van der Waals surface area contributed by atoms with Crippen LogP contribution in [0.3, 0.4) is 0 Å². The minimum atomic E-state index is -0.0937. The van der Waals surface area contributed by atoms with Gasteiger partial charge in [-0.15, -0.1) is 0 Å². The lowest BCUT2D eigenvalue weighted by Crippen LogP contribution is -2.28. The van der Waals surface area contributed by atoms with Gasteiger partial charge in [0.25, 0.3) is 5.91 Å². The highest BCUT2D eigenvalue weighted by Gasteiger charge is 2.14. The highest BCUT2D eigenvalue weighted by atomic mass is 16.2. The van der Waals surface area contributed by atoms with Crippen molar-refractivity contribution >= 4 is 16.9 Å². The maximum absolute atomic E-state index is 12.4. The molecule has 3 rings (SSSR count). The van der Waals surface area contributed by atoms with Crippen LogP contribution in [-0.2, 0) is 26.9 Å². The lowest BCUT2D eigenvalue weighted by atomic mass is 10.1. The molecule has 2 heterocycles. The third kappa shape index (κ3) is 3.73. The van der Waals surface area contributed by atoms with Crippen molar-refractivity contribution in [3.8, 4) is 0 Å². The molecule has 0 saturated carbocycles. The largest absolute Gasteiger partial charge is 0.350 e. The number of amides is 1. The van der Waals surface area contributed by atoms with E-state index in [0.717, 1.165) is 29.0 Å². The van der Waals surface area contributed by atoms with Crippen LogP contribution in [0.1, 0.15) is 35.9 Å². The summed E-state index contributed by atoms with van der Waals surface area (Å²) in [6.07, 6.45) is 1.56. The molecule has 2 aromatic heterocycles. The third-order valence-electron chi connectivity index (χ3n) is 4.29. The minimum Gasteiger partial charge on any atom is -0.350 e. The Morgan fingerprint density at radius 2 is 2.00 bits per heavy atom. The Balaban J connectivity index is 1.62. The molecule has 0 saturated heterocycles. The summed E-state index contributed by atoms with van der Waals surface area (Å²) in [5.41, 5.74) is 3.64. The molecule has 1 aromatic carbocycles. The second kappa shape index (κ2) is 7.09. The molecule has 0 fully saturated rings. The molecule has 0 aliphatic heterocycles. The van der Waals surface area contributed by atoms with E-state index in [1.807, 2.05) is 38.4 Å². The van der Waals surface area contributed by atoms with Crippen molar-refractivity contribution in [3.05, 3.63) is 47.5 Å². The van der Waals surface area contributed by atoms with Crippen molar-refractivity contribution in [1.29, 1.82) is 0 Å². The number of para-hydroxylation sites is 2. The van der Waals surface area contributed by atoms with E-state index in [4.69, 9.17) is 0 Å². The van der Waals surface area contributed by atoms with E-state index in [1.54, 1.807) is 4.68 Å². The van der Waals surface area contributed by atoms with Crippen LogP contribution in [0.4, 0.5) is 0 Å². The molecule has 0 unspecified atom stereocenters. The molecule has 6 heteroatoms. The predicted molar refractivity (Wildman–Crippen MR) is 98.5 cm³/mol. The SMILES string of the molecule is CC(C)Cc1cc(C(=O)NCCc2nc3ccccc3n2C)n(C)n1. The standard InChI is InChI=1S/C19H25N5O/c1-13(2)11-14-12-17(24(4)22-14)19(25)20-10-9-18-21-15-7-5-6-8-16(15)23(18)3/h5-8,12-13H,9-11H2,1-4H3,(H,20,25). The second-order valence-electron chi connectivity index (χ2n) is 6.82. The number of carbonyl (C=O) groups excluding carboxylic acids is 1. The number of hydrogen-bond donors (Lipinski definition) is 1. The topological polar surface area (TPSA) is 64.7 Å². The van der Waals surface area contributed by atoms with Gasteiger partial charge in [-0.25, -0.2) is 4.98 Å². The average molecular weight is 339 g/mol. The van der Waals surface area contributed by atoms with Gasteiger partial charge in [-0.2, -0.15) is 5.10 Å². The number of aryl methyl sites for hydroxylation is 2. The van der Waals surface area contributed by atoms with Crippen LogP contribution in [0.2, 0.25) is 0 Å². The average Bonchev–Trinajstić information content (AvgIpc) is 3.08. The molecule has 3 aromatic rings. The maximum atomic E-state index is 12.4. The van der Waals surface area contributed by atoms with Gasteiger partial charge in [0.2, 0.25) is 0 Å². The number of fused-ring (bicyclic) bond motifs is 1. The molecule has 0 spiro atoms. The monoisotopic (exact) mass is 339 g/mol. The van der Waals surface area contributed by atoms with Crippen molar-refractivity contribution in [2.24, 2.45) is 20.0 Å². The van der Waals surface area contributed by atoms with E-state index in [9.17, 15) is 4.79 Å². The molecule has 1 N–H and O–H groups in total. The summed E-state index contributed by atoms with van der Waals surface area (Å²) in [5.74, 6) is 1.39. The third-order valence-corrected chi connectivity index (χ3v) is 4.29. The lowest BCUT2D eigenvalue weighted by molar-refractivity contribution is 0.0944. The van der Waals surface area contributed by atoms with Crippen molar-refractivity contribution in [1.82, 2.24) is 24.6 Å². The van der Waals surface area contributed by atoms with Crippen LogP contribution in [0.5, 0.6) is 0 Å². The zero-order chi connectivity index (χ0) is 18.0. The Labute approximate surface area is 147 Å². The van der Waals surface area contributed by atoms with E-state index in [1.165, 1.54) is 0 Å². The van der Waals surface area contributed by atoms with Crippen LogP contribution in [0.25, 0.3) is 11.0 Å². The molecule has 0 aliphatic carbocycles. The summed E-state index contributed by atoms with van der Waals surface area (Å²) in [6, 6.07) is 9.93. The van der Waals surface area contributed by atoms with E-state index in [2.05, 4.69) is 39.9 Å². The Morgan fingerprint density at radius 1 is 1.24 bits per heavy atom. The number of imidazole rings is 1. The Bertz CT molecular complexity index is 890. The quantitative estimate of drug-likeness (QED) is 0.750. The summed E-state index contributed by atoms with van der Waals surface area (Å²) in [4.78, 5) is 17.0. The first kappa shape index (κ1) is 17.2. The number of nitrogens with zero attached hydrogens (tertiary/aromatic N) is 4. The number of hydrogen-bond acceptors (Lipinski definition) is 3.